The molecule has 1 aromatic heterocycles. The Morgan fingerprint density at radius 1 is 1.09 bits per heavy atom. The van der Waals surface area contributed by atoms with E-state index in [0.717, 1.165) is 25.7 Å². The lowest BCUT2D eigenvalue weighted by molar-refractivity contribution is 0.370. The Morgan fingerprint density at radius 2 is 1.82 bits per heavy atom. The SMILES string of the molecule is O=S(=O)(c1ccccc1)N1CCCC1CCc1ccncc1. The monoisotopic (exact) mass is 316 g/mol. The molecule has 1 aliphatic rings. The maximum atomic E-state index is 12.8. The summed E-state index contributed by atoms with van der Waals surface area (Å²) in [5.41, 5.74) is 1.21. The van der Waals surface area contributed by atoms with Crippen LogP contribution in [0.25, 0.3) is 0 Å². The van der Waals surface area contributed by atoms with Gasteiger partial charge in [-0.2, -0.15) is 4.31 Å². The number of benzene rings is 1. The smallest absolute Gasteiger partial charge is 0.243 e. The van der Waals surface area contributed by atoms with E-state index in [-0.39, 0.29) is 6.04 Å². The average molecular weight is 316 g/mol. The van der Waals surface area contributed by atoms with Crippen molar-refractivity contribution >= 4 is 10.0 Å². The van der Waals surface area contributed by atoms with Gasteiger partial charge in [-0.1, -0.05) is 18.2 Å². The van der Waals surface area contributed by atoms with E-state index >= 15 is 0 Å². The van der Waals surface area contributed by atoms with E-state index in [1.54, 1.807) is 41.0 Å². The molecule has 2 heterocycles. The molecule has 3 rings (SSSR count). The van der Waals surface area contributed by atoms with Crippen molar-refractivity contribution < 1.29 is 8.42 Å². The number of rotatable bonds is 5. The number of hydrogen-bond donors (Lipinski definition) is 0. The highest BCUT2D eigenvalue weighted by Gasteiger charge is 2.34. The number of pyridine rings is 1. The highest BCUT2D eigenvalue weighted by Crippen LogP contribution is 2.28. The Labute approximate surface area is 131 Å². The topological polar surface area (TPSA) is 50.3 Å². The molecular weight excluding hydrogens is 296 g/mol. The van der Waals surface area contributed by atoms with Gasteiger partial charge in [0, 0.05) is 25.0 Å². The van der Waals surface area contributed by atoms with Crippen molar-refractivity contribution in [2.45, 2.75) is 36.6 Å². The van der Waals surface area contributed by atoms with Crippen LogP contribution in [0, 0.1) is 0 Å². The molecule has 1 fully saturated rings. The van der Waals surface area contributed by atoms with Gasteiger partial charge in [0.25, 0.3) is 0 Å². The molecule has 0 radical (unpaired) electrons. The molecule has 0 aliphatic carbocycles. The first-order chi connectivity index (χ1) is 10.7. The van der Waals surface area contributed by atoms with Gasteiger partial charge in [-0.25, -0.2) is 8.42 Å². The first-order valence-electron chi connectivity index (χ1n) is 7.64. The van der Waals surface area contributed by atoms with Crippen molar-refractivity contribution in [1.29, 1.82) is 0 Å². The normalized spacial score (nSPS) is 19.4. The lowest BCUT2D eigenvalue weighted by Crippen LogP contribution is -2.35. The fourth-order valence-corrected chi connectivity index (χ4v) is 4.77. The number of nitrogens with zero attached hydrogens (tertiary/aromatic N) is 2. The zero-order chi connectivity index (χ0) is 15.4. The number of aromatic nitrogens is 1. The Hall–Kier alpha value is -1.72. The third kappa shape index (κ3) is 3.20. The number of hydrogen-bond acceptors (Lipinski definition) is 3. The van der Waals surface area contributed by atoms with Crippen LogP contribution in [0.3, 0.4) is 0 Å². The first kappa shape index (κ1) is 15.2. The quantitative estimate of drug-likeness (QED) is 0.852. The van der Waals surface area contributed by atoms with Crippen LogP contribution >= 0.6 is 0 Å². The lowest BCUT2D eigenvalue weighted by Gasteiger charge is -2.24. The molecule has 5 heteroatoms. The van der Waals surface area contributed by atoms with Gasteiger partial charge in [-0.15, -0.1) is 0 Å². The van der Waals surface area contributed by atoms with E-state index in [2.05, 4.69) is 4.98 Å². The Bertz CT molecular complexity index is 702. The van der Waals surface area contributed by atoms with E-state index in [1.807, 2.05) is 18.2 Å². The van der Waals surface area contributed by atoms with Crippen LogP contribution in [0.5, 0.6) is 0 Å². The molecule has 1 atom stereocenters. The zero-order valence-corrected chi connectivity index (χ0v) is 13.2. The summed E-state index contributed by atoms with van der Waals surface area (Å²) in [5.74, 6) is 0. The minimum absolute atomic E-state index is 0.0957. The van der Waals surface area contributed by atoms with Gasteiger partial charge in [0.05, 0.1) is 4.90 Å². The largest absolute Gasteiger partial charge is 0.265 e. The molecule has 1 aromatic carbocycles. The Morgan fingerprint density at radius 3 is 2.55 bits per heavy atom. The van der Waals surface area contributed by atoms with Crippen molar-refractivity contribution in [3.63, 3.8) is 0 Å². The third-order valence-corrected chi connectivity index (χ3v) is 6.15. The molecule has 0 N–H and O–H groups in total. The van der Waals surface area contributed by atoms with Gasteiger partial charge in [0.1, 0.15) is 0 Å². The average Bonchev–Trinajstić information content (AvgIpc) is 3.04. The maximum Gasteiger partial charge on any atom is 0.243 e. The molecule has 0 bridgehead atoms. The standard InChI is InChI=1S/C17H20N2O2S/c20-22(21,17-6-2-1-3-7-17)19-14-4-5-16(19)9-8-15-10-12-18-13-11-15/h1-3,6-7,10-13,16H,4-5,8-9,14H2. The second kappa shape index (κ2) is 6.58. The van der Waals surface area contributed by atoms with Crippen LogP contribution < -0.4 is 0 Å². The van der Waals surface area contributed by atoms with Gasteiger partial charge in [0.15, 0.2) is 0 Å². The van der Waals surface area contributed by atoms with Crippen LogP contribution in [0.1, 0.15) is 24.8 Å². The van der Waals surface area contributed by atoms with E-state index in [1.165, 1.54) is 5.56 Å². The van der Waals surface area contributed by atoms with Gasteiger partial charge >= 0.3 is 0 Å². The molecule has 0 spiro atoms. The van der Waals surface area contributed by atoms with Gasteiger partial charge in [-0.3, -0.25) is 4.98 Å². The molecule has 116 valence electrons. The minimum atomic E-state index is -3.37. The predicted molar refractivity (Wildman–Crippen MR) is 85.9 cm³/mol. The molecule has 0 saturated carbocycles. The van der Waals surface area contributed by atoms with E-state index in [9.17, 15) is 8.42 Å². The summed E-state index contributed by atoms with van der Waals surface area (Å²) in [6.45, 7) is 0.623. The van der Waals surface area contributed by atoms with Gasteiger partial charge in [-0.05, 0) is 55.5 Å². The van der Waals surface area contributed by atoms with Crippen molar-refractivity contribution in [3.8, 4) is 0 Å². The van der Waals surface area contributed by atoms with Crippen LogP contribution in [-0.4, -0.2) is 30.3 Å². The van der Waals surface area contributed by atoms with E-state index in [4.69, 9.17) is 0 Å². The van der Waals surface area contributed by atoms with Crippen molar-refractivity contribution in [1.82, 2.24) is 9.29 Å². The van der Waals surface area contributed by atoms with E-state index < -0.39 is 10.0 Å². The molecule has 1 saturated heterocycles. The number of aryl methyl sites for hydroxylation is 1. The summed E-state index contributed by atoms with van der Waals surface area (Å²) >= 11 is 0. The molecule has 1 aliphatic heterocycles. The van der Waals surface area contributed by atoms with Crippen LogP contribution in [0.4, 0.5) is 0 Å². The molecule has 0 amide bonds. The lowest BCUT2D eigenvalue weighted by atomic mass is 10.1. The second-order valence-electron chi connectivity index (χ2n) is 5.62. The van der Waals surface area contributed by atoms with Crippen molar-refractivity contribution in [2.24, 2.45) is 0 Å². The van der Waals surface area contributed by atoms with Crippen LogP contribution in [0.15, 0.2) is 59.8 Å². The van der Waals surface area contributed by atoms with E-state index in [0.29, 0.717) is 11.4 Å². The highest BCUT2D eigenvalue weighted by atomic mass is 32.2. The summed E-state index contributed by atoms with van der Waals surface area (Å²) in [7, 11) is -3.37. The molecule has 1 unspecified atom stereocenters. The summed E-state index contributed by atoms with van der Waals surface area (Å²) in [6.07, 6.45) is 7.18. The summed E-state index contributed by atoms with van der Waals surface area (Å²) in [4.78, 5) is 4.41. The molecule has 22 heavy (non-hydrogen) atoms. The third-order valence-electron chi connectivity index (χ3n) is 4.19. The zero-order valence-electron chi connectivity index (χ0n) is 12.4. The fraction of sp³-hybridized carbons (Fsp3) is 0.353. The summed E-state index contributed by atoms with van der Waals surface area (Å²) in [5, 5.41) is 0. The van der Waals surface area contributed by atoms with Gasteiger partial charge < -0.3 is 0 Å². The molecular formula is C17H20N2O2S. The predicted octanol–water partition coefficient (Wildman–Crippen LogP) is 2.87. The Kier molecular flexibility index (Phi) is 4.55. The fourth-order valence-electron chi connectivity index (χ4n) is 3.02. The first-order valence-corrected chi connectivity index (χ1v) is 9.08. The number of sulfonamides is 1. The van der Waals surface area contributed by atoms with Crippen molar-refractivity contribution in [3.05, 3.63) is 60.4 Å². The van der Waals surface area contributed by atoms with Crippen LogP contribution in [-0.2, 0) is 16.4 Å². The van der Waals surface area contributed by atoms with Gasteiger partial charge in [0.2, 0.25) is 10.0 Å². The minimum Gasteiger partial charge on any atom is -0.265 e. The van der Waals surface area contributed by atoms with Crippen LogP contribution in [0.2, 0.25) is 0 Å². The molecule has 4 nitrogen and oxygen atoms in total. The highest BCUT2D eigenvalue weighted by molar-refractivity contribution is 7.89. The second-order valence-corrected chi connectivity index (χ2v) is 7.51. The summed E-state index contributed by atoms with van der Waals surface area (Å²) < 4.78 is 27.2. The van der Waals surface area contributed by atoms with Crippen molar-refractivity contribution in [2.75, 3.05) is 6.54 Å². The molecule has 2 aromatic rings. The Balaban J connectivity index is 1.73. The summed E-state index contributed by atoms with van der Waals surface area (Å²) in [6, 6.07) is 12.8. The maximum absolute atomic E-state index is 12.8.